The molecule has 2 heterocycles. The van der Waals surface area contributed by atoms with Gasteiger partial charge in [-0.3, -0.25) is 8.42 Å². The summed E-state index contributed by atoms with van der Waals surface area (Å²) < 4.78 is 44.2. The minimum atomic E-state index is -2.01. The van der Waals surface area contributed by atoms with Crippen molar-refractivity contribution in [3.63, 3.8) is 0 Å². The second-order valence-electron chi connectivity index (χ2n) is 4.66. The van der Waals surface area contributed by atoms with Gasteiger partial charge in [-0.2, -0.15) is 0 Å². The Morgan fingerprint density at radius 3 is 1.30 bits per heavy atom. The smallest absolute Gasteiger partial charge is 0.0230 e. The maximum absolute atomic E-state index is 10.4. The molecule has 142 valence electrons. The van der Waals surface area contributed by atoms with Crippen molar-refractivity contribution < 1.29 is 17.5 Å². The van der Waals surface area contributed by atoms with Crippen LogP contribution in [0.25, 0.3) is 0 Å². The van der Waals surface area contributed by atoms with E-state index in [4.69, 9.17) is 0 Å². The van der Waals surface area contributed by atoms with Gasteiger partial charge >= 0.3 is 0 Å². The van der Waals surface area contributed by atoms with Crippen molar-refractivity contribution >= 4 is 22.5 Å². The molecule has 0 aromatic carbocycles. The molecule has 23 heavy (non-hydrogen) atoms. The Hall–Kier alpha value is 0.1000. The highest BCUT2D eigenvalue weighted by Gasteiger charge is 2.13. The maximum atomic E-state index is 10.4. The van der Waals surface area contributed by atoms with E-state index in [2.05, 4.69) is 4.90 Å². The molecule has 2 aliphatic heterocycles. The van der Waals surface area contributed by atoms with Crippen LogP contribution in [0, 0.1) is 0 Å². The summed E-state index contributed by atoms with van der Waals surface area (Å²) in [6, 6.07) is 0. The van der Waals surface area contributed by atoms with Crippen molar-refractivity contribution in [1.82, 2.24) is 13.5 Å². The Morgan fingerprint density at radius 2 is 1.00 bits per heavy atom. The Bertz CT molecular complexity index is 308. The molecule has 2 rings (SSSR count). The van der Waals surface area contributed by atoms with E-state index in [1.807, 2.05) is 34.7 Å². The number of hydrogen-bond donors (Lipinski definition) is 0. The average Bonchev–Trinajstić information content (AvgIpc) is 2.60. The standard InChI is InChI=1S/C5H12N2O2S.C5H11NO2S.2C2H6/c1-6-2-4-7(5-3-6)10(8)9;7-9(8)6-4-2-1-3-5-6;2*1-2/h2-5H2,1H3,(H,8,9);1-5H2,(H,7,8);2*1-2H3/p-2. The van der Waals surface area contributed by atoms with Crippen LogP contribution in [0.15, 0.2) is 0 Å². The van der Waals surface area contributed by atoms with Gasteiger partial charge in [0.05, 0.1) is 0 Å². The third-order valence-electron chi connectivity index (χ3n) is 3.20. The van der Waals surface area contributed by atoms with E-state index in [0.29, 0.717) is 13.1 Å². The lowest BCUT2D eigenvalue weighted by atomic mass is 10.2. The highest BCUT2D eigenvalue weighted by molar-refractivity contribution is 7.76. The van der Waals surface area contributed by atoms with E-state index >= 15 is 0 Å². The van der Waals surface area contributed by atoms with Crippen LogP contribution < -0.4 is 0 Å². The van der Waals surface area contributed by atoms with Crippen molar-refractivity contribution in [2.24, 2.45) is 0 Å². The van der Waals surface area contributed by atoms with E-state index in [1.54, 1.807) is 0 Å². The molecule has 2 saturated heterocycles. The van der Waals surface area contributed by atoms with Gasteiger partial charge in [-0.1, -0.05) is 34.1 Å². The minimum Gasteiger partial charge on any atom is -0.760 e. The Morgan fingerprint density at radius 1 is 0.652 bits per heavy atom. The number of likely N-dealkylation sites (N-methyl/N-ethyl adjacent to an activating group) is 1. The molecule has 0 radical (unpaired) electrons. The van der Waals surface area contributed by atoms with Gasteiger partial charge < -0.3 is 14.0 Å². The Kier molecular flexibility index (Phi) is 18.7. The number of hydrogen-bond acceptors (Lipinski definition) is 5. The molecule has 0 aromatic rings. The molecule has 0 spiro atoms. The lowest BCUT2D eigenvalue weighted by molar-refractivity contribution is 0.219. The van der Waals surface area contributed by atoms with Crippen LogP contribution in [0.3, 0.4) is 0 Å². The monoisotopic (exact) mass is 371 g/mol. The molecule has 0 amide bonds. The fourth-order valence-electron chi connectivity index (χ4n) is 1.95. The topological polar surface area (TPSA) is 90.0 Å². The average molecular weight is 372 g/mol. The van der Waals surface area contributed by atoms with Crippen LogP contribution >= 0.6 is 0 Å². The molecule has 2 fully saturated rings. The van der Waals surface area contributed by atoms with E-state index < -0.39 is 22.5 Å². The number of piperazine rings is 1. The molecule has 0 N–H and O–H groups in total. The zero-order valence-corrected chi connectivity index (χ0v) is 16.8. The molecular formula is C14H33N3O4S2-2. The first kappa shape index (κ1) is 25.3. The van der Waals surface area contributed by atoms with Gasteiger partial charge in [0.25, 0.3) is 0 Å². The Balaban J connectivity index is 0. The van der Waals surface area contributed by atoms with Gasteiger partial charge in [0.2, 0.25) is 0 Å². The van der Waals surface area contributed by atoms with E-state index in [9.17, 15) is 17.5 Å². The van der Waals surface area contributed by atoms with E-state index in [0.717, 1.165) is 39.0 Å². The van der Waals surface area contributed by atoms with Gasteiger partial charge in [-0.25, -0.2) is 8.61 Å². The second-order valence-corrected chi connectivity index (χ2v) is 6.56. The van der Waals surface area contributed by atoms with Crippen molar-refractivity contribution in [3.8, 4) is 0 Å². The lowest BCUT2D eigenvalue weighted by Gasteiger charge is -2.32. The molecule has 0 saturated carbocycles. The largest absolute Gasteiger partial charge is 0.760 e. The first-order valence-corrected chi connectivity index (χ1v) is 10.4. The highest BCUT2D eigenvalue weighted by Crippen LogP contribution is 2.08. The molecular weight excluding hydrogens is 338 g/mol. The van der Waals surface area contributed by atoms with Crippen LogP contribution in [0.5, 0.6) is 0 Å². The Labute approximate surface area is 147 Å². The second kappa shape index (κ2) is 16.9. The van der Waals surface area contributed by atoms with Gasteiger partial charge in [0, 0.05) is 61.8 Å². The molecule has 2 atom stereocenters. The zero-order chi connectivity index (χ0) is 18.3. The van der Waals surface area contributed by atoms with Crippen molar-refractivity contribution in [2.75, 3.05) is 46.3 Å². The summed E-state index contributed by atoms with van der Waals surface area (Å²) in [6.45, 7) is 12.4. The molecule has 2 aliphatic rings. The predicted octanol–water partition coefficient (Wildman–Crippen LogP) is 1.35. The molecule has 2 unspecified atom stereocenters. The van der Waals surface area contributed by atoms with Crippen LogP contribution in [0.4, 0.5) is 0 Å². The SMILES string of the molecule is CC.CC.CN1CCN(S(=O)[O-])CC1.O=S([O-])N1CCCCC1. The molecule has 9 heteroatoms. The molecule has 0 aromatic heterocycles. The van der Waals surface area contributed by atoms with Gasteiger partial charge in [0.15, 0.2) is 0 Å². The summed E-state index contributed by atoms with van der Waals surface area (Å²) in [5.41, 5.74) is 0. The third-order valence-corrected chi connectivity index (χ3v) is 4.77. The number of nitrogens with zero attached hydrogens (tertiary/aromatic N) is 3. The van der Waals surface area contributed by atoms with E-state index in [-0.39, 0.29) is 0 Å². The summed E-state index contributed by atoms with van der Waals surface area (Å²) in [7, 11) is 1.99. The van der Waals surface area contributed by atoms with Gasteiger partial charge in [-0.15, -0.1) is 0 Å². The highest BCUT2D eigenvalue weighted by atomic mass is 32.2. The number of piperidine rings is 1. The fourth-order valence-corrected chi connectivity index (χ4v) is 2.97. The lowest BCUT2D eigenvalue weighted by Crippen LogP contribution is -2.44. The molecule has 7 nitrogen and oxygen atoms in total. The molecule has 0 bridgehead atoms. The minimum absolute atomic E-state index is 0.632. The van der Waals surface area contributed by atoms with Gasteiger partial charge in [0.1, 0.15) is 0 Å². The quantitative estimate of drug-likeness (QED) is 0.683. The summed E-state index contributed by atoms with van der Waals surface area (Å²) >= 11 is -3.98. The molecule has 0 aliphatic carbocycles. The third kappa shape index (κ3) is 13.1. The van der Waals surface area contributed by atoms with Crippen molar-refractivity contribution in [2.45, 2.75) is 47.0 Å². The summed E-state index contributed by atoms with van der Waals surface area (Å²) in [5, 5.41) is 0. The summed E-state index contributed by atoms with van der Waals surface area (Å²) in [6.07, 6.45) is 3.22. The van der Waals surface area contributed by atoms with Crippen LogP contribution in [-0.4, -0.2) is 77.3 Å². The zero-order valence-electron chi connectivity index (χ0n) is 15.2. The van der Waals surface area contributed by atoms with Crippen molar-refractivity contribution in [3.05, 3.63) is 0 Å². The predicted molar refractivity (Wildman–Crippen MR) is 95.0 cm³/mol. The summed E-state index contributed by atoms with van der Waals surface area (Å²) in [5.74, 6) is 0. The van der Waals surface area contributed by atoms with Crippen molar-refractivity contribution in [1.29, 1.82) is 0 Å². The first-order chi connectivity index (χ1) is 11.0. The fraction of sp³-hybridized carbons (Fsp3) is 1.00. The first-order valence-electron chi connectivity index (χ1n) is 8.38. The maximum Gasteiger partial charge on any atom is 0.0230 e. The van der Waals surface area contributed by atoms with Crippen LogP contribution in [0.1, 0.15) is 47.0 Å². The van der Waals surface area contributed by atoms with Crippen LogP contribution in [0.2, 0.25) is 0 Å². The van der Waals surface area contributed by atoms with E-state index in [1.165, 1.54) is 15.0 Å². The normalized spacial score (nSPS) is 22.2. The van der Waals surface area contributed by atoms with Gasteiger partial charge in [-0.05, 0) is 19.9 Å². The summed E-state index contributed by atoms with van der Waals surface area (Å²) in [4.78, 5) is 2.11. The number of rotatable bonds is 2. The van der Waals surface area contributed by atoms with Crippen LogP contribution in [-0.2, 0) is 22.5 Å².